The Kier molecular flexibility index (Phi) is 5.24. The highest BCUT2D eigenvalue weighted by molar-refractivity contribution is 8.00. The fraction of sp³-hybridized carbons (Fsp3) is 0.500. The number of hydrogen-bond donors (Lipinski definition) is 1. The minimum atomic E-state index is -0.429. The Morgan fingerprint density at radius 3 is 2.92 bits per heavy atom. The highest BCUT2D eigenvalue weighted by atomic mass is 32.2. The van der Waals surface area contributed by atoms with E-state index in [2.05, 4.69) is 10.3 Å². The van der Waals surface area contributed by atoms with Crippen molar-refractivity contribution in [2.24, 2.45) is 14.1 Å². The van der Waals surface area contributed by atoms with Crippen LogP contribution in [0.15, 0.2) is 26.7 Å². The number of nitrogens with one attached hydrogen (secondary N) is 1. The van der Waals surface area contributed by atoms with Gasteiger partial charge in [-0.2, -0.15) is 0 Å². The minimum Gasteiger partial charge on any atom is -0.376 e. The van der Waals surface area contributed by atoms with Crippen LogP contribution in [0.1, 0.15) is 12.8 Å². The smallest absolute Gasteiger partial charge is 0.332 e. The van der Waals surface area contributed by atoms with Crippen LogP contribution in [0.3, 0.4) is 0 Å². The number of nitrogens with zero attached hydrogens (tertiary/aromatic N) is 3. The zero-order valence-electron chi connectivity index (χ0n) is 14.2. The molecule has 1 aliphatic rings. The first kappa shape index (κ1) is 17.7. The number of amides is 1. The summed E-state index contributed by atoms with van der Waals surface area (Å²) in [4.78, 5) is 41.3. The maximum Gasteiger partial charge on any atom is 0.332 e. The number of aryl methyl sites for hydroxylation is 1. The summed E-state index contributed by atoms with van der Waals surface area (Å²) in [5.41, 5.74) is -0.521. The van der Waals surface area contributed by atoms with Crippen LogP contribution in [0.2, 0.25) is 0 Å². The second-order valence-corrected chi connectivity index (χ2v) is 6.96. The number of ether oxygens (including phenoxy) is 1. The lowest BCUT2D eigenvalue weighted by Gasteiger charge is -2.12. The molecule has 3 heterocycles. The van der Waals surface area contributed by atoms with Crippen molar-refractivity contribution in [3.05, 3.63) is 33.1 Å². The van der Waals surface area contributed by atoms with Crippen molar-refractivity contribution in [1.82, 2.24) is 19.4 Å². The van der Waals surface area contributed by atoms with Crippen molar-refractivity contribution < 1.29 is 9.53 Å². The van der Waals surface area contributed by atoms with Gasteiger partial charge in [0.05, 0.1) is 17.2 Å². The molecule has 2 aromatic rings. The molecule has 0 radical (unpaired) electrons. The molecule has 0 bridgehead atoms. The Morgan fingerprint density at radius 2 is 2.20 bits per heavy atom. The first-order valence-corrected chi connectivity index (χ1v) is 9.03. The van der Waals surface area contributed by atoms with Crippen LogP contribution in [0.5, 0.6) is 0 Å². The number of pyridine rings is 1. The summed E-state index contributed by atoms with van der Waals surface area (Å²) < 4.78 is 7.85. The Balaban J connectivity index is 1.76. The summed E-state index contributed by atoms with van der Waals surface area (Å²) in [6.45, 7) is 1.26. The number of carbonyl (C=O) groups excluding carboxylic acids is 1. The molecule has 1 aliphatic heterocycles. The van der Waals surface area contributed by atoms with Gasteiger partial charge < -0.3 is 10.1 Å². The van der Waals surface area contributed by atoms with Gasteiger partial charge in [-0.05, 0) is 18.9 Å². The minimum absolute atomic E-state index is 0.0949. The Hall–Kier alpha value is -2.13. The third-order valence-electron chi connectivity index (χ3n) is 4.21. The van der Waals surface area contributed by atoms with Crippen molar-refractivity contribution in [3.8, 4) is 0 Å². The Bertz CT molecular complexity index is 915. The molecule has 1 unspecified atom stereocenters. The third-order valence-corrected chi connectivity index (χ3v) is 5.27. The van der Waals surface area contributed by atoms with Gasteiger partial charge in [0.2, 0.25) is 5.91 Å². The highest BCUT2D eigenvalue weighted by Gasteiger charge is 2.17. The third kappa shape index (κ3) is 3.62. The fourth-order valence-corrected chi connectivity index (χ4v) is 3.68. The Morgan fingerprint density at radius 1 is 1.40 bits per heavy atom. The highest BCUT2D eigenvalue weighted by Crippen LogP contribution is 2.23. The monoisotopic (exact) mass is 364 g/mol. The van der Waals surface area contributed by atoms with E-state index in [0.717, 1.165) is 24.0 Å². The first-order valence-electron chi connectivity index (χ1n) is 8.05. The molecule has 1 atom stereocenters. The largest absolute Gasteiger partial charge is 0.376 e. The molecule has 0 saturated carbocycles. The molecule has 0 spiro atoms. The van der Waals surface area contributed by atoms with E-state index in [9.17, 15) is 14.4 Å². The molecule has 8 nitrogen and oxygen atoms in total. The lowest BCUT2D eigenvalue weighted by atomic mass is 10.2. The molecule has 1 saturated heterocycles. The standard InChI is InChI=1S/C16H20N4O4S/c1-19-14-13(15(22)20(2)16(19)23)11(5-6-17-14)25-9-12(21)18-8-10-4-3-7-24-10/h5-6,10H,3-4,7-9H2,1-2H3,(H,18,21). The van der Waals surface area contributed by atoms with E-state index in [1.54, 1.807) is 13.1 Å². The van der Waals surface area contributed by atoms with Crippen LogP contribution in [-0.4, -0.2) is 45.0 Å². The van der Waals surface area contributed by atoms with Gasteiger partial charge in [-0.15, -0.1) is 11.8 Å². The number of hydrogen-bond acceptors (Lipinski definition) is 6. The van der Waals surface area contributed by atoms with Gasteiger partial charge in [0.15, 0.2) is 0 Å². The summed E-state index contributed by atoms with van der Waals surface area (Å²) >= 11 is 1.26. The lowest BCUT2D eigenvalue weighted by Crippen LogP contribution is -2.37. The van der Waals surface area contributed by atoms with Crippen LogP contribution >= 0.6 is 11.8 Å². The number of aromatic nitrogens is 3. The van der Waals surface area contributed by atoms with Gasteiger partial charge in [0.25, 0.3) is 5.56 Å². The van der Waals surface area contributed by atoms with Crippen LogP contribution in [-0.2, 0) is 23.6 Å². The zero-order valence-corrected chi connectivity index (χ0v) is 15.0. The van der Waals surface area contributed by atoms with Gasteiger partial charge in [-0.3, -0.25) is 18.7 Å². The number of rotatable bonds is 5. The normalized spacial score (nSPS) is 17.1. The molecule has 1 amide bonds. The van der Waals surface area contributed by atoms with Gasteiger partial charge in [0.1, 0.15) is 5.65 Å². The molecule has 0 aliphatic carbocycles. The van der Waals surface area contributed by atoms with E-state index in [1.807, 2.05) is 0 Å². The maximum atomic E-state index is 12.4. The molecular formula is C16H20N4O4S. The predicted octanol–water partition coefficient (Wildman–Crippen LogP) is 0.0195. The lowest BCUT2D eigenvalue weighted by molar-refractivity contribution is -0.119. The van der Waals surface area contributed by atoms with Gasteiger partial charge in [0, 0.05) is 38.3 Å². The molecular weight excluding hydrogens is 344 g/mol. The number of thioether (sulfide) groups is 1. The van der Waals surface area contributed by atoms with E-state index in [-0.39, 0.29) is 17.8 Å². The van der Waals surface area contributed by atoms with E-state index in [0.29, 0.717) is 22.5 Å². The van der Waals surface area contributed by atoms with E-state index < -0.39 is 11.2 Å². The van der Waals surface area contributed by atoms with Gasteiger partial charge >= 0.3 is 5.69 Å². The molecule has 3 rings (SSSR count). The fourth-order valence-electron chi connectivity index (χ4n) is 2.81. The van der Waals surface area contributed by atoms with E-state index >= 15 is 0 Å². The quantitative estimate of drug-likeness (QED) is 0.752. The molecule has 0 aromatic carbocycles. The summed E-state index contributed by atoms with van der Waals surface area (Å²) in [5.74, 6) is 0.0600. The summed E-state index contributed by atoms with van der Waals surface area (Å²) in [6.07, 6.45) is 3.62. The van der Waals surface area contributed by atoms with Crippen molar-refractivity contribution in [2.75, 3.05) is 18.9 Å². The first-order chi connectivity index (χ1) is 12.0. The van der Waals surface area contributed by atoms with E-state index in [1.165, 1.54) is 29.6 Å². The van der Waals surface area contributed by atoms with Crippen LogP contribution < -0.4 is 16.6 Å². The average Bonchev–Trinajstić information content (AvgIpc) is 3.14. The number of carbonyl (C=O) groups is 1. The van der Waals surface area contributed by atoms with Gasteiger partial charge in [-0.1, -0.05) is 0 Å². The topological polar surface area (TPSA) is 95.2 Å². The zero-order chi connectivity index (χ0) is 18.0. The molecule has 1 N–H and O–H groups in total. The van der Waals surface area contributed by atoms with Crippen molar-refractivity contribution in [1.29, 1.82) is 0 Å². The van der Waals surface area contributed by atoms with Crippen LogP contribution in [0, 0.1) is 0 Å². The molecule has 25 heavy (non-hydrogen) atoms. The SMILES string of the molecule is Cn1c(=O)c2c(SCC(=O)NCC3CCCO3)ccnc2n(C)c1=O. The van der Waals surface area contributed by atoms with Gasteiger partial charge in [-0.25, -0.2) is 9.78 Å². The molecule has 9 heteroatoms. The van der Waals surface area contributed by atoms with E-state index in [4.69, 9.17) is 4.74 Å². The molecule has 2 aromatic heterocycles. The van der Waals surface area contributed by atoms with Crippen molar-refractivity contribution in [3.63, 3.8) is 0 Å². The second kappa shape index (κ2) is 7.40. The average molecular weight is 364 g/mol. The van der Waals surface area contributed by atoms with Crippen LogP contribution in [0.25, 0.3) is 11.0 Å². The number of fused-ring (bicyclic) bond motifs is 1. The van der Waals surface area contributed by atoms with Crippen molar-refractivity contribution >= 4 is 28.7 Å². The maximum absolute atomic E-state index is 12.4. The predicted molar refractivity (Wildman–Crippen MR) is 94.9 cm³/mol. The molecule has 134 valence electrons. The second-order valence-electron chi connectivity index (χ2n) is 5.94. The molecule has 1 fully saturated rings. The Labute approximate surface area is 148 Å². The summed E-state index contributed by atoms with van der Waals surface area (Å²) in [7, 11) is 3.00. The van der Waals surface area contributed by atoms with Crippen molar-refractivity contribution in [2.45, 2.75) is 23.8 Å². The summed E-state index contributed by atoms with van der Waals surface area (Å²) in [5, 5.41) is 3.20. The summed E-state index contributed by atoms with van der Waals surface area (Å²) in [6, 6.07) is 1.69. The van der Waals surface area contributed by atoms with Crippen LogP contribution in [0.4, 0.5) is 0 Å².